The summed E-state index contributed by atoms with van der Waals surface area (Å²) in [5, 5.41) is 3.33. The summed E-state index contributed by atoms with van der Waals surface area (Å²) in [6.07, 6.45) is 0. The first-order chi connectivity index (χ1) is 8.04. The molecular formula is C15H25NO. The number of hydrogen-bond donors (Lipinski definition) is 1. The molecule has 1 aromatic rings. The molecule has 1 rings (SSSR count). The maximum atomic E-state index is 5.73. The number of ether oxygens (including phenoxy) is 1. The first-order valence-electron chi connectivity index (χ1n) is 6.36. The largest absolute Gasteiger partial charge is 0.379 e. The van der Waals surface area contributed by atoms with Crippen molar-refractivity contribution in [1.29, 1.82) is 0 Å². The smallest absolute Gasteiger partial charge is 0.0661 e. The average molecular weight is 235 g/mol. The van der Waals surface area contributed by atoms with Gasteiger partial charge in [-0.15, -0.1) is 0 Å². The molecule has 96 valence electrons. The van der Waals surface area contributed by atoms with Gasteiger partial charge in [0.2, 0.25) is 0 Å². The monoisotopic (exact) mass is 235 g/mol. The molecule has 0 radical (unpaired) electrons. The fraction of sp³-hybridized carbons (Fsp3) is 0.600. The Bertz CT molecular complexity index is 347. The molecule has 0 amide bonds. The third-order valence-corrected chi connectivity index (χ3v) is 2.88. The predicted octanol–water partition coefficient (Wildman–Crippen LogP) is 3.24. The van der Waals surface area contributed by atoms with E-state index in [1.165, 1.54) is 16.7 Å². The van der Waals surface area contributed by atoms with Crippen molar-refractivity contribution in [3.05, 3.63) is 34.9 Å². The Morgan fingerprint density at radius 2 is 1.88 bits per heavy atom. The molecule has 0 aromatic heterocycles. The zero-order chi connectivity index (χ0) is 12.8. The highest BCUT2D eigenvalue weighted by molar-refractivity contribution is 5.32. The van der Waals surface area contributed by atoms with Crippen LogP contribution in [0.2, 0.25) is 0 Å². The van der Waals surface area contributed by atoms with Gasteiger partial charge in [0, 0.05) is 6.61 Å². The molecule has 0 fully saturated rings. The molecule has 2 nitrogen and oxygen atoms in total. The summed E-state index contributed by atoms with van der Waals surface area (Å²) in [7, 11) is 1.99. The van der Waals surface area contributed by atoms with Crippen LogP contribution in [0, 0.1) is 19.8 Å². The Kier molecular flexibility index (Phi) is 5.66. The van der Waals surface area contributed by atoms with Gasteiger partial charge in [-0.1, -0.05) is 37.6 Å². The lowest BCUT2D eigenvalue weighted by molar-refractivity contribution is 0.0918. The van der Waals surface area contributed by atoms with E-state index in [2.05, 4.69) is 51.2 Å². The third-order valence-electron chi connectivity index (χ3n) is 2.88. The highest BCUT2D eigenvalue weighted by Gasteiger charge is 2.12. The average Bonchev–Trinajstić information content (AvgIpc) is 2.25. The fourth-order valence-electron chi connectivity index (χ4n) is 1.97. The van der Waals surface area contributed by atoms with Gasteiger partial charge in [-0.05, 0) is 37.9 Å². The summed E-state index contributed by atoms with van der Waals surface area (Å²) >= 11 is 0. The lowest BCUT2D eigenvalue weighted by atomic mass is 10.00. The summed E-state index contributed by atoms with van der Waals surface area (Å²) < 4.78 is 5.73. The van der Waals surface area contributed by atoms with Crippen LogP contribution >= 0.6 is 0 Å². The van der Waals surface area contributed by atoms with Crippen LogP contribution in [0.4, 0.5) is 0 Å². The summed E-state index contributed by atoms with van der Waals surface area (Å²) in [6.45, 7) is 10.2. The van der Waals surface area contributed by atoms with Crippen molar-refractivity contribution in [3.63, 3.8) is 0 Å². The van der Waals surface area contributed by atoms with Crippen LogP contribution in [0.1, 0.15) is 36.6 Å². The minimum absolute atomic E-state index is 0.286. The Morgan fingerprint density at radius 3 is 2.41 bits per heavy atom. The Labute approximate surface area is 105 Å². The normalized spacial score (nSPS) is 13.1. The van der Waals surface area contributed by atoms with E-state index in [-0.39, 0.29) is 6.04 Å². The fourth-order valence-corrected chi connectivity index (χ4v) is 1.97. The first-order valence-corrected chi connectivity index (χ1v) is 6.36. The first kappa shape index (κ1) is 14.2. The van der Waals surface area contributed by atoms with Crippen LogP contribution in [0.5, 0.6) is 0 Å². The lowest BCUT2D eigenvalue weighted by Crippen LogP contribution is -2.23. The Morgan fingerprint density at radius 1 is 1.18 bits per heavy atom. The van der Waals surface area contributed by atoms with Crippen molar-refractivity contribution < 1.29 is 4.74 Å². The van der Waals surface area contributed by atoms with Crippen molar-refractivity contribution in [2.75, 3.05) is 20.3 Å². The summed E-state index contributed by atoms with van der Waals surface area (Å²) in [6, 6.07) is 6.87. The number of nitrogens with one attached hydrogen (secondary N) is 1. The molecule has 0 aliphatic rings. The van der Waals surface area contributed by atoms with Crippen LogP contribution in [0.3, 0.4) is 0 Å². The van der Waals surface area contributed by atoms with Crippen LogP contribution < -0.4 is 5.32 Å². The van der Waals surface area contributed by atoms with Crippen molar-refractivity contribution in [2.45, 2.75) is 33.7 Å². The number of benzene rings is 1. The minimum atomic E-state index is 0.286. The lowest BCUT2D eigenvalue weighted by Gasteiger charge is -2.20. The number of rotatable bonds is 6. The maximum Gasteiger partial charge on any atom is 0.0661 e. The molecule has 0 aliphatic heterocycles. The van der Waals surface area contributed by atoms with Crippen LogP contribution in [0.15, 0.2) is 18.2 Å². The Hall–Kier alpha value is -0.860. The second kappa shape index (κ2) is 6.77. The van der Waals surface area contributed by atoms with Crippen molar-refractivity contribution in [3.8, 4) is 0 Å². The second-order valence-corrected chi connectivity index (χ2v) is 5.13. The molecule has 0 saturated heterocycles. The minimum Gasteiger partial charge on any atom is -0.379 e. The summed E-state index contributed by atoms with van der Waals surface area (Å²) in [5.74, 6) is 0.589. The van der Waals surface area contributed by atoms with E-state index < -0.39 is 0 Å². The summed E-state index contributed by atoms with van der Waals surface area (Å²) in [4.78, 5) is 0. The van der Waals surface area contributed by atoms with Gasteiger partial charge < -0.3 is 10.1 Å². The standard InChI is InChI=1S/C15H25NO/c1-11(2)9-17-10-15(16-5)14-7-6-12(3)8-13(14)4/h6-8,11,15-16H,9-10H2,1-5H3. The van der Waals surface area contributed by atoms with E-state index >= 15 is 0 Å². The SMILES string of the molecule is CNC(COCC(C)C)c1ccc(C)cc1C. The van der Waals surface area contributed by atoms with Gasteiger partial charge in [0.1, 0.15) is 0 Å². The molecule has 0 heterocycles. The molecule has 0 spiro atoms. The van der Waals surface area contributed by atoms with Crippen molar-refractivity contribution >= 4 is 0 Å². The van der Waals surface area contributed by atoms with E-state index in [1.54, 1.807) is 0 Å². The van der Waals surface area contributed by atoms with E-state index in [9.17, 15) is 0 Å². The van der Waals surface area contributed by atoms with Crippen LogP contribution in [-0.2, 0) is 4.74 Å². The molecule has 1 aromatic carbocycles. The predicted molar refractivity (Wildman–Crippen MR) is 73.4 cm³/mol. The number of hydrogen-bond acceptors (Lipinski definition) is 2. The number of likely N-dealkylation sites (N-methyl/N-ethyl adjacent to an activating group) is 1. The molecule has 0 bridgehead atoms. The maximum absolute atomic E-state index is 5.73. The van der Waals surface area contributed by atoms with Gasteiger partial charge in [0.25, 0.3) is 0 Å². The summed E-state index contributed by atoms with van der Waals surface area (Å²) in [5.41, 5.74) is 3.98. The highest BCUT2D eigenvalue weighted by Crippen LogP contribution is 2.19. The molecule has 1 N–H and O–H groups in total. The van der Waals surface area contributed by atoms with E-state index in [4.69, 9.17) is 4.74 Å². The van der Waals surface area contributed by atoms with Crippen LogP contribution in [-0.4, -0.2) is 20.3 Å². The van der Waals surface area contributed by atoms with E-state index in [0.29, 0.717) is 5.92 Å². The number of aryl methyl sites for hydroxylation is 2. The van der Waals surface area contributed by atoms with Crippen molar-refractivity contribution in [2.24, 2.45) is 5.92 Å². The molecule has 17 heavy (non-hydrogen) atoms. The highest BCUT2D eigenvalue weighted by atomic mass is 16.5. The van der Waals surface area contributed by atoms with Gasteiger partial charge in [-0.2, -0.15) is 0 Å². The Balaban J connectivity index is 2.66. The molecular weight excluding hydrogens is 210 g/mol. The van der Waals surface area contributed by atoms with Gasteiger partial charge in [-0.3, -0.25) is 0 Å². The van der Waals surface area contributed by atoms with E-state index in [0.717, 1.165) is 13.2 Å². The van der Waals surface area contributed by atoms with Gasteiger partial charge >= 0.3 is 0 Å². The molecule has 1 unspecified atom stereocenters. The van der Waals surface area contributed by atoms with Gasteiger partial charge in [0.15, 0.2) is 0 Å². The van der Waals surface area contributed by atoms with E-state index in [1.807, 2.05) is 7.05 Å². The second-order valence-electron chi connectivity index (χ2n) is 5.13. The van der Waals surface area contributed by atoms with Crippen LogP contribution in [0.25, 0.3) is 0 Å². The third kappa shape index (κ3) is 4.49. The molecule has 0 saturated carbocycles. The molecule has 0 aliphatic carbocycles. The van der Waals surface area contributed by atoms with Gasteiger partial charge in [-0.25, -0.2) is 0 Å². The zero-order valence-electron chi connectivity index (χ0n) is 11.7. The zero-order valence-corrected chi connectivity index (χ0v) is 11.7. The quantitative estimate of drug-likeness (QED) is 0.817. The topological polar surface area (TPSA) is 21.3 Å². The molecule has 2 heteroatoms. The van der Waals surface area contributed by atoms with Crippen molar-refractivity contribution in [1.82, 2.24) is 5.32 Å². The van der Waals surface area contributed by atoms with Gasteiger partial charge in [0.05, 0.1) is 12.6 Å². The molecule has 1 atom stereocenters.